The molecule has 0 bridgehead atoms. The quantitative estimate of drug-likeness (QED) is 0.0927. The molecule has 6 rings (SSSR count). The van der Waals surface area contributed by atoms with Crippen molar-refractivity contribution < 1.29 is 17.4 Å². The zero-order chi connectivity index (χ0) is 39.9. The summed E-state index contributed by atoms with van der Waals surface area (Å²) in [4.78, 5) is 13.4. The lowest BCUT2D eigenvalue weighted by Crippen LogP contribution is -2.52. The molecule has 57 heavy (non-hydrogen) atoms. The first-order valence-electron chi connectivity index (χ1n) is 22.8. The number of fused-ring (bicyclic) bond motifs is 1. The van der Waals surface area contributed by atoms with Crippen LogP contribution < -0.4 is 9.64 Å². The van der Waals surface area contributed by atoms with E-state index in [0.717, 1.165) is 63.3 Å². The van der Waals surface area contributed by atoms with Crippen LogP contribution in [0, 0.1) is 0 Å². The highest BCUT2D eigenvalue weighted by Gasteiger charge is 2.33. The van der Waals surface area contributed by atoms with Crippen LogP contribution in [0.3, 0.4) is 0 Å². The van der Waals surface area contributed by atoms with Crippen LogP contribution in [0.15, 0.2) is 63.3 Å². The number of aromatic nitrogens is 1. The molecule has 1 aromatic heterocycles. The fourth-order valence-electron chi connectivity index (χ4n) is 9.52. The van der Waals surface area contributed by atoms with E-state index >= 15 is 0 Å². The van der Waals surface area contributed by atoms with E-state index in [1.54, 1.807) is 30.5 Å². The summed E-state index contributed by atoms with van der Waals surface area (Å²) in [5.74, 6) is 0.692. The molecule has 3 saturated heterocycles. The number of piperidine rings is 3. The molecule has 316 valence electrons. The van der Waals surface area contributed by atoms with Crippen LogP contribution in [0.4, 0.5) is 5.69 Å². The SMILES string of the molecule is CCCCCCCCCCCCCCCCOc1ccc(S(=O)(=O)c2cnc3ccc(S(C)=O)cc3c2N2CCC(N3CCC(N4CCCCC4)CC3)CC2)cc1. The summed E-state index contributed by atoms with van der Waals surface area (Å²) in [6.45, 7) is 9.27. The van der Waals surface area contributed by atoms with Crippen molar-refractivity contribution in [1.82, 2.24) is 14.8 Å². The smallest absolute Gasteiger partial charge is 0.210 e. The molecule has 3 aromatic rings. The van der Waals surface area contributed by atoms with Crippen LogP contribution in [0.5, 0.6) is 5.75 Å². The Kier molecular flexibility index (Phi) is 17.6. The van der Waals surface area contributed by atoms with Gasteiger partial charge in [0.15, 0.2) is 0 Å². The molecule has 4 heterocycles. The molecule has 3 aliphatic rings. The summed E-state index contributed by atoms with van der Waals surface area (Å²) in [6.07, 6.45) is 30.2. The van der Waals surface area contributed by atoms with E-state index in [9.17, 15) is 12.6 Å². The standard InChI is InChI=1S/C47H72N4O4S2/c1-3-4-5-6-7-8-9-10-11-12-13-14-15-19-36-55-41-20-23-43(24-21-41)57(53,54)46-38-48-45-25-22-42(56(2)52)37-44(45)47(46)51-34-28-40(29-35-51)50-32-26-39(27-33-50)49-30-17-16-18-31-49/h20-25,37-40H,3-19,26-36H2,1-2H3. The van der Waals surface area contributed by atoms with Gasteiger partial charge in [-0.05, 0) is 114 Å². The van der Waals surface area contributed by atoms with Gasteiger partial charge in [-0.2, -0.15) is 0 Å². The maximum atomic E-state index is 14.5. The van der Waals surface area contributed by atoms with E-state index < -0.39 is 20.6 Å². The number of pyridine rings is 1. The lowest BCUT2D eigenvalue weighted by Gasteiger charge is -2.45. The summed E-state index contributed by atoms with van der Waals surface area (Å²) in [6, 6.07) is 13.7. The zero-order valence-corrected chi connectivity index (χ0v) is 36.9. The Labute approximate surface area is 347 Å². The van der Waals surface area contributed by atoms with Crippen molar-refractivity contribution in [3.05, 3.63) is 48.7 Å². The minimum Gasteiger partial charge on any atom is -0.494 e. The average molecular weight is 821 g/mol. The number of likely N-dealkylation sites (tertiary alicyclic amines) is 2. The summed E-state index contributed by atoms with van der Waals surface area (Å²) in [5, 5.41) is 0.748. The second-order valence-electron chi connectivity index (χ2n) is 17.1. The highest BCUT2D eigenvalue weighted by Crippen LogP contribution is 2.39. The first-order valence-corrected chi connectivity index (χ1v) is 25.9. The molecule has 0 aliphatic carbocycles. The van der Waals surface area contributed by atoms with Gasteiger partial charge in [0.1, 0.15) is 10.6 Å². The molecule has 0 amide bonds. The molecule has 3 fully saturated rings. The second kappa shape index (κ2) is 22.7. The van der Waals surface area contributed by atoms with Gasteiger partial charge in [-0.1, -0.05) is 96.8 Å². The van der Waals surface area contributed by atoms with Crippen LogP contribution in [0.25, 0.3) is 10.9 Å². The highest BCUT2D eigenvalue weighted by molar-refractivity contribution is 7.91. The Morgan fingerprint density at radius 3 is 1.81 bits per heavy atom. The van der Waals surface area contributed by atoms with Crippen molar-refractivity contribution in [1.29, 1.82) is 0 Å². The van der Waals surface area contributed by atoms with Crippen molar-refractivity contribution in [3.63, 3.8) is 0 Å². The first-order chi connectivity index (χ1) is 27.8. The molecule has 0 N–H and O–H groups in total. The van der Waals surface area contributed by atoms with Crippen LogP contribution in [-0.4, -0.2) is 91.6 Å². The van der Waals surface area contributed by atoms with Gasteiger partial charge < -0.3 is 19.4 Å². The number of nitrogens with zero attached hydrogens (tertiary/aromatic N) is 4. The number of ether oxygens (including phenoxy) is 1. The van der Waals surface area contributed by atoms with Crippen molar-refractivity contribution in [3.8, 4) is 5.75 Å². The Bertz CT molecular complexity index is 1780. The van der Waals surface area contributed by atoms with Crippen LogP contribution in [0.2, 0.25) is 0 Å². The van der Waals surface area contributed by atoms with Crippen molar-refractivity contribution in [2.75, 3.05) is 57.0 Å². The third-order valence-electron chi connectivity index (χ3n) is 13.0. The number of rotatable bonds is 22. The first kappa shape index (κ1) is 44.0. The molecule has 0 radical (unpaired) electrons. The van der Waals surface area contributed by atoms with Gasteiger partial charge in [-0.25, -0.2) is 8.42 Å². The third-order valence-corrected chi connectivity index (χ3v) is 15.7. The average Bonchev–Trinajstić information content (AvgIpc) is 3.25. The molecule has 1 atom stereocenters. The number of unbranched alkanes of at least 4 members (excludes halogenated alkanes) is 13. The van der Waals surface area contributed by atoms with E-state index in [4.69, 9.17) is 4.74 Å². The number of benzene rings is 2. The van der Waals surface area contributed by atoms with Crippen molar-refractivity contribution in [2.45, 2.75) is 169 Å². The number of anilines is 1. The van der Waals surface area contributed by atoms with Crippen molar-refractivity contribution in [2.24, 2.45) is 0 Å². The lowest BCUT2D eigenvalue weighted by molar-refractivity contribution is 0.0654. The summed E-state index contributed by atoms with van der Waals surface area (Å²) in [5.41, 5.74) is 1.40. The van der Waals surface area contributed by atoms with Gasteiger partial charge in [0.2, 0.25) is 9.84 Å². The van der Waals surface area contributed by atoms with E-state index in [2.05, 4.69) is 26.6 Å². The molecule has 10 heteroatoms. The van der Waals surface area contributed by atoms with E-state index in [1.165, 1.54) is 128 Å². The highest BCUT2D eigenvalue weighted by atomic mass is 32.2. The zero-order valence-electron chi connectivity index (χ0n) is 35.3. The van der Waals surface area contributed by atoms with Gasteiger partial charge in [0.05, 0.1) is 22.7 Å². The van der Waals surface area contributed by atoms with Gasteiger partial charge in [0.25, 0.3) is 0 Å². The Hall–Kier alpha value is -2.53. The molecule has 0 spiro atoms. The minimum absolute atomic E-state index is 0.214. The maximum absolute atomic E-state index is 14.5. The lowest BCUT2D eigenvalue weighted by atomic mass is 9.95. The number of hydrogen-bond acceptors (Lipinski definition) is 8. The summed E-state index contributed by atoms with van der Waals surface area (Å²) < 4.78 is 47.6. The second-order valence-corrected chi connectivity index (χ2v) is 20.4. The predicted molar refractivity (Wildman–Crippen MR) is 237 cm³/mol. The van der Waals surface area contributed by atoms with Crippen molar-refractivity contribution >= 4 is 37.2 Å². The Balaban J connectivity index is 1.02. The molecule has 1 unspecified atom stereocenters. The minimum atomic E-state index is -3.91. The predicted octanol–water partition coefficient (Wildman–Crippen LogP) is 10.6. The van der Waals surface area contributed by atoms with E-state index in [-0.39, 0.29) is 9.79 Å². The van der Waals surface area contributed by atoms with Gasteiger partial charge in [-0.15, -0.1) is 0 Å². The van der Waals surface area contributed by atoms with Crippen LogP contribution in [0.1, 0.15) is 142 Å². The van der Waals surface area contributed by atoms with Crippen LogP contribution in [-0.2, 0) is 20.6 Å². The Morgan fingerprint density at radius 1 is 0.684 bits per heavy atom. The van der Waals surface area contributed by atoms with E-state index in [0.29, 0.717) is 34.5 Å². The number of hydrogen-bond donors (Lipinski definition) is 0. The molecule has 8 nitrogen and oxygen atoms in total. The summed E-state index contributed by atoms with van der Waals surface area (Å²) >= 11 is 0. The molecule has 3 aliphatic heterocycles. The topological polar surface area (TPSA) is 83.0 Å². The monoisotopic (exact) mass is 820 g/mol. The fraction of sp³-hybridized carbons (Fsp3) is 0.681. The summed E-state index contributed by atoms with van der Waals surface area (Å²) in [7, 11) is -5.12. The van der Waals surface area contributed by atoms with Gasteiger partial charge >= 0.3 is 0 Å². The Morgan fingerprint density at radius 2 is 1.23 bits per heavy atom. The molecular weight excluding hydrogens is 749 g/mol. The van der Waals surface area contributed by atoms with Crippen LogP contribution >= 0.6 is 0 Å². The van der Waals surface area contributed by atoms with E-state index in [1.807, 2.05) is 18.2 Å². The molecular formula is C47H72N4O4S2. The van der Waals surface area contributed by atoms with Gasteiger partial charge in [0, 0.05) is 58.7 Å². The third kappa shape index (κ3) is 12.5. The van der Waals surface area contributed by atoms with Gasteiger partial charge in [-0.3, -0.25) is 9.19 Å². The maximum Gasteiger partial charge on any atom is 0.210 e. The largest absolute Gasteiger partial charge is 0.494 e. The fourth-order valence-corrected chi connectivity index (χ4v) is 11.5. The number of sulfone groups is 1. The molecule has 0 saturated carbocycles. The molecule has 2 aromatic carbocycles. The normalized spacial score (nSPS) is 18.7.